The zero-order chi connectivity index (χ0) is 12.4. The van der Waals surface area contributed by atoms with Gasteiger partial charge in [0.1, 0.15) is 11.4 Å². The zero-order valence-corrected chi connectivity index (χ0v) is 10.1. The number of methoxy groups -OCH3 is 1. The molecule has 88 valence electrons. The van der Waals surface area contributed by atoms with Crippen LogP contribution >= 0.6 is 0 Å². The summed E-state index contributed by atoms with van der Waals surface area (Å²) in [4.78, 5) is 8.46. The summed E-state index contributed by atoms with van der Waals surface area (Å²) < 4.78 is 4.98. The lowest BCUT2D eigenvalue weighted by Crippen LogP contribution is -1.93. The van der Waals surface area contributed by atoms with Gasteiger partial charge in [-0.1, -0.05) is 0 Å². The van der Waals surface area contributed by atoms with E-state index in [1.807, 2.05) is 19.9 Å². The number of hydrogen-bond donors (Lipinski definition) is 1. The van der Waals surface area contributed by atoms with Crippen molar-refractivity contribution in [2.75, 3.05) is 7.11 Å². The smallest absolute Gasteiger partial charge is 0.212 e. The van der Waals surface area contributed by atoms with E-state index >= 15 is 0 Å². The van der Waals surface area contributed by atoms with Gasteiger partial charge in [0.2, 0.25) is 5.88 Å². The van der Waals surface area contributed by atoms with E-state index in [0.29, 0.717) is 11.6 Å². The Hall–Kier alpha value is -2.10. The van der Waals surface area contributed by atoms with Gasteiger partial charge in [-0.3, -0.25) is 0 Å². The highest BCUT2D eigenvalue weighted by Gasteiger charge is 2.09. The van der Waals surface area contributed by atoms with Gasteiger partial charge in [0.05, 0.1) is 7.11 Å². The second-order valence-corrected chi connectivity index (χ2v) is 3.85. The Morgan fingerprint density at radius 1 is 1.24 bits per heavy atom. The van der Waals surface area contributed by atoms with E-state index in [1.54, 1.807) is 25.4 Å². The molecule has 0 saturated carbocycles. The van der Waals surface area contributed by atoms with Gasteiger partial charge in [0.25, 0.3) is 0 Å². The van der Waals surface area contributed by atoms with Crippen molar-refractivity contribution in [2.45, 2.75) is 13.8 Å². The molecule has 2 heterocycles. The Balaban J connectivity index is 2.48. The summed E-state index contributed by atoms with van der Waals surface area (Å²) in [7, 11) is 1.56. The normalized spacial score (nSPS) is 10.3. The van der Waals surface area contributed by atoms with Crippen molar-refractivity contribution in [1.29, 1.82) is 0 Å². The molecule has 0 radical (unpaired) electrons. The van der Waals surface area contributed by atoms with Crippen LogP contribution in [0.15, 0.2) is 24.4 Å². The average molecular weight is 230 g/mol. The predicted octanol–water partition coefficient (Wildman–Crippen LogP) is 2.47. The molecule has 0 aliphatic rings. The first-order valence-corrected chi connectivity index (χ1v) is 5.29. The van der Waals surface area contributed by atoms with Crippen LogP contribution in [0, 0.1) is 13.8 Å². The third kappa shape index (κ3) is 2.20. The van der Waals surface area contributed by atoms with Gasteiger partial charge in [-0.05, 0) is 31.5 Å². The molecule has 0 spiro atoms. The lowest BCUT2D eigenvalue weighted by atomic mass is 10.1. The molecule has 4 nitrogen and oxygen atoms in total. The fraction of sp³-hybridized carbons (Fsp3) is 0.231. The number of hydrogen-bond acceptors (Lipinski definition) is 4. The third-order valence-corrected chi connectivity index (χ3v) is 2.66. The Labute approximate surface area is 99.9 Å². The summed E-state index contributed by atoms with van der Waals surface area (Å²) in [6.07, 6.45) is 1.63. The van der Waals surface area contributed by atoms with E-state index in [1.165, 1.54) is 0 Å². The summed E-state index contributed by atoms with van der Waals surface area (Å²) in [5.74, 6) is 0.706. The quantitative estimate of drug-likeness (QED) is 0.861. The van der Waals surface area contributed by atoms with Gasteiger partial charge < -0.3 is 9.84 Å². The Morgan fingerprint density at radius 3 is 2.59 bits per heavy atom. The summed E-state index contributed by atoms with van der Waals surface area (Å²) in [6.45, 7) is 3.83. The minimum atomic E-state index is 0.167. The minimum Gasteiger partial charge on any atom is -0.506 e. The van der Waals surface area contributed by atoms with Gasteiger partial charge in [0, 0.05) is 23.5 Å². The van der Waals surface area contributed by atoms with Crippen LogP contribution < -0.4 is 4.74 Å². The molecule has 2 rings (SSSR count). The molecule has 17 heavy (non-hydrogen) atoms. The molecule has 0 aliphatic carbocycles. The van der Waals surface area contributed by atoms with Gasteiger partial charge in [0.15, 0.2) is 0 Å². The maximum atomic E-state index is 9.87. The second-order valence-electron chi connectivity index (χ2n) is 3.85. The van der Waals surface area contributed by atoms with Crippen molar-refractivity contribution in [1.82, 2.24) is 9.97 Å². The summed E-state index contributed by atoms with van der Waals surface area (Å²) in [6, 6.07) is 5.27. The van der Waals surface area contributed by atoms with Gasteiger partial charge in [-0.2, -0.15) is 0 Å². The van der Waals surface area contributed by atoms with Crippen LogP contribution in [-0.4, -0.2) is 22.2 Å². The standard InChI is InChI=1S/C13H14N2O2/c1-8-6-11(16)13(15-9(8)2)10-4-5-12(17-3)14-7-10/h4-7,16H,1-3H3. The average Bonchev–Trinajstić information content (AvgIpc) is 2.34. The van der Waals surface area contributed by atoms with Crippen molar-refractivity contribution >= 4 is 0 Å². The van der Waals surface area contributed by atoms with E-state index in [0.717, 1.165) is 16.8 Å². The van der Waals surface area contributed by atoms with Gasteiger partial charge in [-0.15, -0.1) is 0 Å². The van der Waals surface area contributed by atoms with Crippen LogP contribution in [0.1, 0.15) is 11.3 Å². The monoisotopic (exact) mass is 230 g/mol. The number of nitrogens with zero attached hydrogens (tertiary/aromatic N) is 2. The highest BCUT2D eigenvalue weighted by atomic mass is 16.5. The molecule has 0 aromatic carbocycles. The first-order valence-electron chi connectivity index (χ1n) is 5.29. The summed E-state index contributed by atoms with van der Waals surface area (Å²) >= 11 is 0. The molecule has 0 aliphatic heterocycles. The molecule has 1 N–H and O–H groups in total. The van der Waals surface area contributed by atoms with E-state index in [2.05, 4.69) is 9.97 Å². The Kier molecular flexibility index (Phi) is 2.95. The highest BCUT2D eigenvalue weighted by molar-refractivity contribution is 5.66. The number of aromatic hydroxyl groups is 1. The van der Waals surface area contributed by atoms with Crippen molar-refractivity contribution in [2.24, 2.45) is 0 Å². The highest BCUT2D eigenvalue weighted by Crippen LogP contribution is 2.28. The van der Waals surface area contributed by atoms with Crippen LogP contribution in [0.25, 0.3) is 11.3 Å². The summed E-state index contributed by atoms with van der Waals surface area (Å²) in [5, 5.41) is 9.87. The first-order chi connectivity index (χ1) is 8.11. The van der Waals surface area contributed by atoms with E-state index < -0.39 is 0 Å². The number of aryl methyl sites for hydroxylation is 2. The predicted molar refractivity (Wildman–Crippen MR) is 65.2 cm³/mol. The molecule has 2 aromatic rings. The van der Waals surface area contributed by atoms with Crippen molar-refractivity contribution in [3.05, 3.63) is 35.7 Å². The molecule has 2 aromatic heterocycles. The number of aromatic nitrogens is 2. The van der Waals surface area contributed by atoms with Crippen LogP contribution in [0.2, 0.25) is 0 Å². The topological polar surface area (TPSA) is 55.2 Å². The number of ether oxygens (including phenoxy) is 1. The number of pyridine rings is 2. The third-order valence-electron chi connectivity index (χ3n) is 2.66. The van der Waals surface area contributed by atoms with E-state index in [-0.39, 0.29) is 5.75 Å². The molecule has 0 saturated heterocycles. The van der Waals surface area contributed by atoms with Gasteiger partial charge in [-0.25, -0.2) is 9.97 Å². The lowest BCUT2D eigenvalue weighted by molar-refractivity contribution is 0.398. The largest absolute Gasteiger partial charge is 0.506 e. The van der Waals surface area contributed by atoms with Crippen molar-refractivity contribution < 1.29 is 9.84 Å². The second kappa shape index (κ2) is 4.41. The van der Waals surface area contributed by atoms with E-state index in [4.69, 9.17) is 4.74 Å². The molecular weight excluding hydrogens is 216 g/mol. The zero-order valence-electron chi connectivity index (χ0n) is 10.1. The molecule has 4 heteroatoms. The van der Waals surface area contributed by atoms with Crippen LogP contribution in [-0.2, 0) is 0 Å². The molecule has 0 bridgehead atoms. The maximum Gasteiger partial charge on any atom is 0.212 e. The van der Waals surface area contributed by atoms with Crippen molar-refractivity contribution in [3.63, 3.8) is 0 Å². The lowest BCUT2D eigenvalue weighted by Gasteiger charge is -2.07. The SMILES string of the molecule is COc1ccc(-c2nc(C)c(C)cc2O)cn1. The van der Waals surface area contributed by atoms with E-state index in [9.17, 15) is 5.11 Å². The Bertz CT molecular complexity index is 536. The molecular formula is C13H14N2O2. The first kappa shape index (κ1) is 11.4. The Morgan fingerprint density at radius 2 is 2.00 bits per heavy atom. The van der Waals surface area contributed by atoms with Crippen LogP contribution in [0.4, 0.5) is 0 Å². The molecule has 0 fully saturated rings. The number of rotatable bonds is 2. The minimum absolute atomic E-state index is 0.167. The van der Waals surface area contributed by atoms with Gasteiger partial charge >= 0.3 is 0 Å². The van der Waals surface area contributed by atoms with Crippen LogP contribution in [0.3, 0.4) is 0 Å². The molecule has 0 amide bonds. The summed E-state index contributed by atoms with van der Waals surface area (Å²) in [5.41, 5.74) is 3.18. The van der Waals surface area contributed by atoms with Crippen LogP contribution in [0.5, 0.6) is 11.6 Å². The fourth-order valence-electron chi connectivity index (χ4n) is 1.54. The van der Waals surface area contributed by atoms with Crippen molar-refractivity contribution in [3.8, 4) is 22.9 Å². The molecule has 0 unspecified atom stereocenters. The molecule has 0 atom stereocenters. The maximum absolute atomic E-state index is 9.87. The fourth-order valence-corrected chi connectivity index (χ4v) is 1.54.